The van der Waals surface area contributed by atoms with Gasteiger partial charge in [-0.05, 0) is 187 Å². The van der Waals surface area contributed by atoms with E-state index in [0.717, 1.165) is 78.2 Å². The molecule has 6 nitrogen and oxygen atoms in total. The highest BCUT2D eigenvalue weighted by molar-refractivity contribution is 6.28. The Kier molecular flexibility index (Phi) is 12.1. The molecule has 0 aliphatic heterocycles. The van der Waals surface area contributed by atoms with Crippen molar-refractivity contribution in [2.45, 2.75) is 0 Å². The predicted molar refractivity (Wildman–Crippen MR) is 300 cm³/mol. The Morgan fingerprint density at radius 3 is 0.833 bits per heavy atom. The second-order valence-corrected chi connectivity index (χ2v) is 18.7. The van der Waals surface area contributed by atoms with Gasteiger partial charge in [0.1, 0.15) is 23.3 Å². The summed E-state index contributed by atoms with van der Waals surface area (Å²) < 4.78 is 63.3. The van der Waals surface area contributed by atoms with Crippen LogP contribution >= 0.6 is 0 Å². The zero-order valence-electron chi connectivity index (χ0n) is 41.0. The zero-order chi connectivity index (χ0) is 53.6. The average molecular weight is 1010 g/mol. The van der Waals surface area contributed by atoms with Crippen molar-refractivity contribution in [1.82, 2.24) is 0 Å². The van der Waals surface area contributed by atoms with Crippen molar-refractivity contribution in [2.24, 2.45) is 0 Å². The Morgan fingerprint density at radius 2 is 0.551 bits per heavy atom. The van der Waals surface area contributed by atoms with Gasteiger partial charge in [-0.15, -0.1) is 0 Å². The van der Waals surface area contributed by atoms with Gasteiger partial charge in [-0.1, -0.05) is 84.9 Å². The van der Waals surface area contributed by atoms with Gasteiger partial charge in [0.25, 0.3) is 0 Å². The van der Waals surface area contributed by atoms with Crippen LogP contribution in [0.25, 0.3) is 76.8 Å². The minimum Gasteiger partial charge on any atom is -0.307 e. The van der Waals surface area contributed by atoms with E-state index < -0.39 is 23.3 Å². The lowest BCUT2D eigenvalue weighted by Crippen LogP contribution is -2.14. The van der Waals surface area contributed by atoms with Crippen LogP contribution < -0.4 is 9.80 Å². The number of nitrogens with zero attached hydrogens (tertiary/aromatic N) is 6. The van der Waals surface area contributed by atoms with Crippen LogP contribution in [-0.4, -0.2) is 0 Å². The molecule has 0 heterocycles. The van der Waals surface area contributed by atoms with Gasteiger partial charge in [0.2, 0.25) is 0 Å². The maximum absolute atomic E-state index is 16.7. The molecule has 0 atom stereocenters. The van der Waals surface area contributed by atoms with E-state index in [0.29, 0.717) is 55.8 Å². The topological polar surface area (TPSA) is 102 Å². The molecule has 0 aliphatic rings. The number of benzene rings is 12. The lowest BCUT2D eigenvalue weighted by molar-refractivity contribution is 0.583. The van der Waals surface area contributed by atoms with E-state index in [4.69, 9.17) is 0 Å². The van der Waals surface area contributed by atoms with Gasteiger partial charge in [0.15, 0.2) is 0 Å². The Hall–Kier alpha value is -11.0. The number of halogens is 4. The van der Waals surface area contributed by atoms with E-state index >= 15 is 8.78 Å². The Balaban J connectivity index is 1.11. The standard InChI is InChI=1S/C68H36F4N6/c69-55-21-27-65(61(71)35-55)77(57-31-51(45-9-1-41(37-73)2-10-45)29-52(32-57)46-11-3-42(38-74)4-12-46)63-25-19-49-18-24-60-64(26-20-50-17-23-59(63)67(49)68(50)60)78(66-28-22-56(70)36-62(66)72)58-33-53(47-13-5-43(39-75)6-14-47)30-54(34-58)48-15-7-44(40-76)8-16-48/h1-36H. The molecule has 0 fully saturated rings. The Morgan fingerprint density at radius 1 is 0.269 bits per heavy atom. The van der Waals surface area contributed by atoms with Crippen molar-refractivity contribution in [3.8, 4) is 68.8 Å². The number of hydrogen-bond donors (Lipinski definition) is 0. The van der Waals surface area contributed by atoms with Crippen LogP contribution in [-0.2, 0) is 0 Å². The van der Waals surface area contributed by atoms with Crippen LogP contribution in [0.15, 0.2) is 218 Å². The summed E-state index contributed by atoms with van der Waals surface area (Å²) in [6.45, 7) is 0. The van der Waals surface area contributed by atoms with Crippen molar-refractivity contribution in [3.05, 3.63) is 264 Å². The lowest BCUT2D eigenvalue weighted by atomic mass is 9.91. The van der Waals surface area contributed by atoms with Gasteiger partial charge >= 0.3 is 0 Å². The molecule has 12 aromatic carbocycles. The second kappa shape index (κ2) is 19.7. The third-order valence-corrected chi connectivity index (χ3v) is 14.1. The van der Waals surface area contributed by atoms with E-state index in [1.807, 2.05) is 133 Å². The predicted octanol–water partition coefficient (Wildman–Crippen LogP) is 18.2. The molecule has 0 spiro atoms. The van der Waals surface area contributed by atoms with E-state index in [-0.39, 0.29) is 11.4 Å². The fraction of sp³-hybridized carbons (Fsp3) is 0. The summed E-state index contributed by atoms with van der Waals surface area (Å²) in [6.07, 6.45) is 0. The van der Waals surface area contributed by atoms with Crippen LogP contribution in [0.2, 0.25) is 0 Å². The summed E-state index contributed by atoms with van der Waals surface area (Å²) in [5.41, 5.74) is 10.3. The first-order valence-electron chi connectivity index (χ1n) is 24.6. The van der Waals surface area contributed by atoms with Crippen molar-refractivity contribution in [1.29, 1.82) is 21.0 Å². The summed E-state index contributed by atoms with van der Waals surface area (Å²) in [5, 5.41) is 43.3. The number of hydrogen-bond acceptors (Lipinski definition) is 6. The zero-order valence-corrected chi connectivity index (χ0v) is 41.0. The first-order chi connectivity index (χ1) is 38.1. The normalized spacial score (nSPS) is 11.0. The van der Waals surface area contributed by atoms with Crippen LogP contribution in [0.3, 0.4) is 0 Å². The summed E-state index contributed by atoms with van der Waals surface area (Å²) in [5.74, 6) is -3.13. The molecule has 0 aromatic heterocycles. The van der Waals surface area contributed by atoms with E-state index in [1.54, 1.807) is 58.3 Å². The minimum atomic E-state index is -0.813. The minimum absolute atomic E-state index is 0.0630. The fourth-order valence-electron chi connectivity index (χ4n) is 10.4. The van der Waals surface area contributed by atoms with Gasteiger partial charge in [-0.2, -0.15) is 21.0 Å². The number of rotatable bonds is 10. The van der Waals surface area contributed by atoms with Crippen LogP contribution in [0.4, 0.5) is 51.7 Å². The molecule has 0 aliphatic carbocycles. The SMILES string of the molecule is N#Cc1ccc(-c2cc(-c3ccc(C#N)cc3)cc(N(c3ccc(F)cc3F)c3ccc4ccc5c(N(c6cc(-c7ccc(C#N)cc7)cc(-c7ccc(C#N)cc7)c6)c6ccc(F)cc6F)ccc6ccc3c4c65)c2)cc1. The summed E-state index contributed by atoms with van der Waals surface area (Å²) in [4.78, 5) is 3.53. The first-order valence-corrected chi connectivity index (χ1v) is 24.6. The number of anilines is 6. The third kappa shape index (κ3) is 8.68. The molecule has 0 N–H and O–H groups in total. The maximum atomic E-state index is 16.7. The molecule has 12 aromatic rings. The fourth-order valence-corrected chi connectivity index (χ4v) is 10.4. The molecular weight excluding hydrogens is 977 g/mol. The first kappa shape index (κ1) is 47.9. The van der Waals surface area contributed by atoms with Crippen molar-refractivity contribution in [2.75, 3.05) is 9.80 Å². The third-order valence-electron chi connectivity index (χ3n) is 14.1. The highest BCUT2D eigenvalue weighted by Crippen LogP contribution is 2.50. The van der Waals surface area contributed by atoms with Gasteiger partial charge in [-0.3, -0.25) is 0 Å². The largest absolute Gasteiger partial charge is 0.307 e. The molecule has 78 heavy (non-hydrogen) atoms. The van der Waals surface area contributed by atoms with Crippen molar-refractivity contribution < 1.29 is 17.6 Å². The second-order valence-electron chi connectivity index (χ2n) is 18.7. The molecule has 12 rings (SSSR count). The highest BCUT2D eigenvalue weighted by atomic mass is 19.1. The van der Waals surface area contributed by atoms with Gasteiger partial charge < -0.3 is 9.80 Å². The molecule has 0 amide bonds. The molecule has 0 unspecified atom stereocenters. The lowest BCUT2D eigenvalue weighted by Gasteiger charge is -2.30. The van der Waals surface area contributed by atoms with Crippen molar-refractivity contribution in [3.63, 3.8) is 0 Å². The molecule has 0 radical (unpaired) electrons. The van der Waals surface area contributed by atoms with Crippen LogP contribution in [0.1, 0.15) is 22.3 Å². The molecule has 10 heteroatoms. The number of nitriles is 4. The summed E-state index contributed by atoms with van der Waals surface area (Å²) >= 11 is 0. The van der Waals surface area contributed by atoms with E-state index in [9.17, 15) is 29.8 Å². The van der Waals surface area contributed by atoms with Crippen LogP contribution in [0.5, 0.6) is 0 Å². The van der Waals surface area contributed by atoms with E-state index in [2.05, 4.69) is 24.3 Å². The molecule has 0 bridgehead atoms. The van der Waals surface area contributed by atoms with Gasteiger partial charge in [-0.25, -0.2) is 17.6 Å². The van der Waals surface area contributed by atoms with Gasteiger partial charge in [0.05, 0.1) is 69.3 Å². The summed E-state index contributed by atoms with van der Waals surface area (Å²) in [7, 11) is 0. The monoisotopic (exact) mass is 1010 g/mol. The maximum Gasteiger partial charge on any atom is 0.150 e. The summed E-state index contributed by atoms with van der Waals surface area (Å²) in [6, 6.07) is 71.4. The molecule has 0 saturated heterocycles. The van der Waals surface area contributed by atoms with Gasteiger partial charge in [0, 0.05) is 34.3 Å². The smallest absolute Gasteiger partial charge is 0.150 e. The Labute approximate surface area is 445 Å². The molecular formula is C68H36F4N6. The molecule has 0 saturated carbocycles. The molecule has 366 valence electrons. The van der Waals surface area contributed by atoms with Crippen LogP contribution in [0, 0.1) is 68.6 Å². The van der Waals surface area contributed by atoms with Crippen molar-refractivity contribution >= 4 is 66.4 Å². The van der Waals surface area contributed by atoms with E-state index in [1.165, 1.54) is 24.3 Å². The average Bonchev–Trinajstić information content (AvgIpc) is 3.46. The quantitative estimate of drug-likeness (QED) is 0.0999. The highest BCUT2D eigenvalue weighted by Gasteiger charge is 2.26. The Bertz CT molecular complexity index is 4080.